The van der Waals surface area contributed by atoms with E-state index in [1.165, 1.54) is 70.3 Å². The molecule has 0 aliphatic heterocycles. The van der Waals surface area contributed by atoms with Crippen molar-refractivity contribution in [2.45, 2.75) is 123 Å². The highest BCUT2D eigenvalue weighted by molar-refractivity contribution is 5.90. The van der Waals surface area contributed by atoms with Gasteiger partial charge in [-0.25, -0.2) is 9.18 Å². The summed E-state index contributed by atoms with van der Waals surface area (Å²) in [4.78, 5) is 12.7. The molecule has 0 amide bonds. The van der Waals surface area contributed by atoms with Crippen molar-refractivity contribution in [2.24, 2.45) is 5.92 Å². The molecule has 1 aliphatic carbocycles. The van der Waals surface area contributed by atoms with Gasteiger partial charge in [0.05, 0.1) is 12.2 Å². The third-order valence-electron chi connectivity index (χ3n) is 7.92. The molecular weight excluding hydrogens is 475 g/mol. The maximum Gasteiger partial charge on any atom is 0.338 e. The first-order chi connectivity index (χ1) is 18.6. The Labute approximate surface area is 230 Å². The second-order valence-electron chi connectivity index (χ2n) is 11.1. The van der Waals surface area contributed by atoms with Crippen LogP contribution >= 0.6 is 0 Å². The second-order valence-corrected chi connectivity index (χ2v) is 11.1. The lowest BCUT2D eigenvalue weighted by Gasteiger charge is -2.28. The van der Waals surface area contributed by atoms with Crippen molar-refractivity contribution in [1.82, 2.24) is 0 Å². The highest BCUT2D eigenvalue weighted by atomic mass is 19.1. The van der Waals surface area contributed by atoms with Gasteiger partial charge in [0.25, 0.3) is 0 Å². The Bertz CT molecular complexity index is 931. The SMILES string of the molecule is CCCCCCCCOc1ccc(-c2ccc(C(=O)OC3CCC(CCCCCCC)CC3)cc2)cc1F. The number of ether oxygens (including phenoxy) is 2. The minimum Gasteiger partial charge on any atom is -0.491 e. The van der Waals surface area contributed by atoms with E-state index in [4.69, 9.17) is 9.47 Å². The van der Waals surface area contributed by atoms with Crippen LogP contribution in [-0.4, -0.2) is 18.7 Å². The standard InChI is InChI=1S/C34H49FO3/c1-3-5-7-9-11-13-25-37-33-24-21-30(26-32(33)35)28-17-19-29(20-18-28)34(36)38-31-22-15-27(16-23-31)14-12-10-8-6-4-2/h17-21,24,26-27,31H,3-16,22-23,25H2,1-2H3. The van der Waals surface area contributed by atoms with E-state index in [2.05, 4.69) is 13.8 Å². The van der Waals surface area contributed by atoms with Crippen LogP contribution in [0.2, 0.25) is 0 Å². The van der Waals surface area contributed by atoms with Crippen LogP contribution in [0.3, 0.4) is 0 Å². The van der Waals surface area contributed by atoms with Gasteiger partial charge in [0.15, 0.2) is 11.6 Å². The summed E-state index contributed by atoms with van der Waals surface area (Å²) in [6.07, 6.45) is 19.3. The summed E-state index contributed by atoms with van der Waals surface area (Å²) in [6.45, 7) is 5.00. The molecule has 3 nitrogen and oxygen atoms in total. The van der Waals surface area contributed by atoms with Crippen LogP contribution in [-0.2, 0) is 4.74 Å². The van der Waals surface area contributed by atoms with Gasteiger partial charge < -0.3 is 9.47 Å². The summed E-state index contributed by atoms with van der Waals surface area (Å²) in [6, 6.07) is 12.4. The average Bonchev–Trinajstić information content (AvgIpc) is 2.94. The average molecular weight is 525 g/mol. The van der Waals surface area contributed by atoms with Crippen molar-refractivity contribution in [3.05, 3.63) is 53.8 Å². The van der Waals surface area contributed by atoms with E-state index in [-0.39, 0.29) is 17.9 Å². The van der Waals surface area contributed by atoms with E-state index in [1.807, 2.05) is 18.2 Å². The van der Waals surface area contributed by atoms with Gasteiger partial charge in [0, 0.05) is 0 Å². The molecule has 2 aromatic carbocycles. The van der Waals surface area contributed by atoms with Crippen molar-refractivity contribution in [2.75, 3.05) is 6.61 Å². The summed E-state index contributed by atoms with van der Waals surface area (Å²) in [5.41, 5.74) is 2.18. The number of benzene rings is 2. The molecule has 0 aromatic heterocycles. The molecule has 0 unspecified atom stereocenters. The number of carbonyl (C=O) groups is 1. The summed E-state index contributed by atoms with van der Waals surface area (Å²) >= 11 is 0. The molecule has 38 heavy (non-hydrogen) atoms. The predicted molar refractivity (Wildman–Crippen MR) is 155 cm³/mol. The fraction of sp³-hybridized carbons (Fsp3) is 0.618. The molecule has 0 heterocycles. The maximum atomic E-state index is 14.6. The van der Waals surface area contributed by atoms with Crippen LogP contribution in [0.5, 0.6) is 5.75 Å². The minimum absolute atomic E-state index is 0.0245. The van der Waals surface area contributed by atoms with E-state index in [1.54, 1.807) is 18.2 Å². The van der Waals surface area contributed by atoms with E-state index in [0.29, 0.717) is 17.9 Å². The molecule has 4 heteroatoms. The van der Waals surface area contributed by atoms with Gasteiger partial charge in [-0.15, -0.1) is 0 Å². The molecule has 210 valence electrons. The van der Waals surface area contributed by atoms with Crippen molar-refractivity contribution in [3.8, 4) is 16.9 Å². The van der Waals surface area contributed by atoms with Crippen molar-refractivity contribution < 1.29 is 18.7 Å². The monoisotopic (exact) mass is 524 g/mol. The second kappa shape index (κ2) is 17.3. The number of halogens is 1. The Balaban J connectivity index is 1.40. The number of rotatable bonds is 17. The van der Waals surface area contributed by atoms with Crippen molar-refractivity contribution >= 4 is 5.97 Å². The molecule has 1 aliphatic rings. The summed E-state index contributed by atoms with van der Waals surface area (Å²) in [5, 5.41) is 0. The van der Waals surface area contributed by atoms with Gasteiger partial charge in [0.2, 0.25) is 0 Å². The highest BCUT2D eigenvalue weighted by Gasteiger charge is 2.24. The molecule has 3 rings (SSSR count). The van der Waals surface area contributed by atoms with Gasteiger partial charge in [-0.2, -0.15) is 0 Å². The first kappa shape index (κ1) is 30.2. The summed E-state index contributed by atoms with van der Waals surface area (Å²) < 4.78 is 26.1. The number of unbranched alkanes of at least 4 members (excludes halogenated alkanes) is 9. The number of carbonyl (C=O) groups excluding carboxylic acids is 1. The smallest absolute Gasteiger partial charge is 0.338 e. The van der Waals surface area contributed by atoms with Crippen LogP contribution in [0.4, 0.5) is 4.39 Å². The molecule has 0 bridgehead atoms. The van der Waals surface area contributed by atoms with Crippen LogP contribution in [0.15, 0.2) is 42.5 Å². The Morgan fingerprint density at radius 3 is 2.03 bits per heavy atom. The fourth-order valence-corrected chi connectivity index (χ4v) is 5.46. The van der Waals surface area contributed by atoms with Gasteiger partial charge >= 0.3 is 5.97 Å². The van der Waals surface area contributed by atoms with Crippen LogP contribution < -0.4 is 4.74 Å². The predicted octanol–water partition coefficient (Wildman–Crippen LogP) is 10.3. The van der Waals surface area contributed by atoms with Gasteiger partial charge in [-0.1, -0.05) is 103 Å². The number of hydrogen-bond donors (Lipinski definition) is 0. The topological polar surface area (TPSA) is 35.5 Å². The maximum absolute atomic E-state index is 14.6. The third-order valence-corrected chi connectivity index (χ3v) is 7.92. The zero-order valence-corrected chi connectivity index (χ0v) is 23.8. The minimum atomic E-state index is -0.353. The summed E-state index contributed by atoms with van der Waals surface area (Å²) in [7, 11) is 0. The molecule has 2 aromatic rings. The normalized spacial score (nSPS) is 17.3. The van der Waals surface area contributed by atoms with Crippen molar-refractivity contribution in [3.63, 3.8) is 0 Å². The lowest BCUT2D eigenvalue weighted by atomic mass is 9.84. The van der Waals surface area contributed by atoms with Crippen LogP contribution in [0.1, 0.15) is 127 Å². The zero-order chi connectivity index (χ0) is 27.0. The van der Waals surface area contributed by atoms with E-state index >= 15 is 0 Å². The largest absolute Gasteiger partial charge is 0.491 e. The Morgan fingerprint density at radius 1 is 0.763 bits per heavy atom. The van der Waals surface area contributed by atoms with Gasteiger partial charge in [-0.05, 0) is 73.4 Å². The Kier molecular flexibility index (Phi) is 13.7. The van der Waals surface area contributed by atoms with Crippen LogP contribution in [0, 0.1) is 11.7 Å². The Morgan fingerprint density at radius 2 is 1.37 bits per heavy atom. The molecule has 1 saturated carbocycles. The first-order valence-corrected chi connectivity index (χ1v) is 15.3. The number of hydrogen-bond acceptors (Lipinski definition) is 3. The first-order valence-electron chi connectivity index (χ1n) is 15.3. The van der Waals surface area contributed by atoms with Crippen LogP contribution in [0.25, 0.3) is 11.1 Å². The quantitative estimate of drug-likeness (QED) is 0.152. The molecule has 1 fully saturated rings. The summed E-state index contributed by atoms with van der Waals surface area (Å²) in [5.74, 6) is 0.477. The van der Waals surface area contributed by atoms with Gasteiger partial charge in [0.1, 0.15) is 6.10 Å². The van der Waals surface area contributed by atoms with E-state index < -0.39 is 0 Å². The fourth-order valence-electron chi connectivity index (χ4n) is 5.46. The lowest BCUT2D eigenvalue weighted by Crippen LogP contribution is -2.24. The molecular formula is C34H49FO3. The van der Waals surface area contributed by atoms with E-state index in [0.717, 1.165) is 55.6 Å². The number of esters is 1. The third kappa shape index (κ3) is 10.4. The van der Waals surface area contributed by atoms with Crippen molar-refractivity contribution in [1.29, 1.82) is 0 Å². The Hall–Kier alpha value is -2.36. The van der Waals surface area contributed by atoms with E-state index in [9.17, 15) is 9.18 Å². The zero-order valence-electron chi connectivity index (χ0n) is 23.8. The van der Waals surface area contributed by atoms with Gasteiger partial charge in [-0.3, -0.25) is 0 Å². The lowest BCUT2D eigenvalue weighted by molar-refractivity contribution is 0.0161. The molecule has 0 spiro atoms. The highest BCUT2D eigenvalue weighted by Crippen LogP contribution is 2.31. The molecule has 0 N–H and O–H groups in total. The molecule has 0 radical (unpaired) electrons. The molecule has 0 saturated heterocycles. The molecule has 0 atom stereocenters.